The largest absolute Gasteiger partial charge is 0.489 e. The molecule has 2 nitrogen and oxygen atoms in total. The van der Waals surface area contributed by atoms with Crippen LogP contribution in [-0.2, 0) is 6.61 Å². The second-order valence-corrected chi connectivity index (χ2v) is 4.81. The van der Waals surface area contributed by atoms with Gasteiger partial charge < -0.3 is 4.74 Å². The molecule has 0 radical (unpaired) electrons. The Labute approximate surface area is 118 Å². The van der Waals surface area contributed by atoms with Crippen molar-refractivity contribution in [3.63, 3.8) is 0 Å². The van der Waals surface area contributed by atoms with E-state index in [1.807, 2.05) is 37.3 Å². The van der Waals surface area contributed by atoms with Crippen molar-refractivity contribution in [2.24, 2.45) is 0 Å². The number of carbonyl (C=O) groups is 1. The molecule has 0 aliphatic heterocycles. The molecule has 0 aliphatic rings. The summed E-state index contributed by atoms with van der Waals surface area (Å²) in [4.78, 5) is 11.3. The molecule has 0 aliphatic carbocycles. The van der Waals surface area contributed by atoms with Gasteiger partial charge in [-0.3, -0.25) is 4.79 Å². The van der Waals surface area contributed by atoms with Gasteiger partial charge >= 0.3 is 0 Å². The highest BCUT2D eigenvalue weighted by molar-refractivity contribution is 6.67. The maximum Gasteiger partial charge on any atom is 0.252 e. The molecule has 98 valence electrons. The Morgan fingerprint density at radius 1 is 1.11 bits per heavy atom. The highest BCUT2D eigenvalue weighted by atomic mass is 35.5. The minimum absolute atomic E-state index is 0.330. The van der Waals surface area contributed by atoms with Crippen molar-refractivity contribution in [2.75, 3.05) is 0 Å². The van der Waals surface area contributed by atoms with Crippen molar-refractivity contribution in [2.45, 2.75) is 20.5 Å². The molecule has 0 saturated carbocycles. The summed E-state index contributed by atoms with van der Waals surface area (Å²) in [6.07, 6.45) is 0. The third-order valence-electron chi connectivity index (χ3n) is 3.10. The number of hydrogen-bond acceptors (Lipinski definition) is 2. The van der Waals surface area contributed by atoms with E-state index >= 15 is 0 Å². The highest BCUT2D eigenvalue weighted by Crippen LogP contribution is 2.19. The Hall–Kier alpha value is -1.80. The van der Waals surface area contributed by atoms with Crippen LogP contribution >= 0.6 is 11.6 Å². The SMILES string of the molecule is Cc1ccc(OCc2ccccc2C(=O)Cl)cc1C. The van der Waals surface area contributed by atoms with Crippen LogP contribution in [0.2, 0.25) is 0 Å². The van der Waals surface area contributed by atoms with E-state index in [-0.39, 0.29) is 0 Å². The van der Waals surface area contributed by atoms with Crippen LogP contribution in [0, 0.1) is 13.8 Å². The molecule has 0 bridgehead atoms. The molecular formula is C16H15ClO2. The zero-order chi connectivity index (χ0) is 13.8. The summed E-state index contributed by atoms with van der Waals surface area (Å²) in [5, 5.41) is -0.459. The Kier molecular flexibility index (Phi) is 4.23. The topological polar surface area (TPSA) is 26.3 Å². The first-order valence-corrected chi connectivity index (χ1v) is 6.43. The van der Waals surface area contributed by atoms with E-state index in [4.69, 9.17) is 16.3 Å². The van der Waals surface area contributed by atoms with Gasteiger partial charge in [0.25, 0.3) is 5.24 Å². The average molecular weight is 275 g/mol. The highest BCUT2D eigenvalue weighted by Gasteiger charge is 2.08. The average Bonchev–Trinajstić information content (AvgIpc) is 2.40. The number of aryl methyl sites for hydroxylation is 2. The quantitative estimate of drug-likeness (QED) is 0.779. The van der Waals surface area contributed by atoms with Crippen LogP contribution in [-0.4, -0.2) is 5.24 Å². The molecule has 0 fully saturated rings. The number of ether oxygens (including phenoxy) is 1. The molecule has 0 saturated heterocycles. The number of carbonyl (C=O) groups excluding carboxylic acids is 1. The lowest BCUT2D eigenvalue weighted by molar-refractivity contribution is 0.107. The van der Waals surface area contributed by atoms with E-state index in [1.165, 1.54) is 11.1 Å². The molecule has 2 aromatic carbocycles. The van der Waals surface area contributed by atoms with Crippen molar-refractivity contribution >= 4 is 16.8 Å². The van der Waals surface area contributed by atoms with Gasteiger partial charge in [-0.25, -0.2) is 0 Å². The van der Waals surface area contributed by atoms with E-state index in [0.717, 1.165) is 11.3 Å². The molecule has 2 rings (SSSR count). The summed E-state index contributed by atoms with van der Waals surface area (Å²) in [5.74, 6) is 0.792. The molecule has 19 heavy (non-hydrogen) atoms. The first kappa shape index (κ1) is 13.6. The maximum absolute atomic E-state index is 11.3. The lowest BCUT2D eigenvalue weighted by Gasteiger charge is -2.10. The number of halogens is 1. The van der Waals surface area contributed by atoms with Crippen molar-refractivity contribution in [1.82, 2.24) is 0 Å². The summed E-state index contributed by atoms with van der Waals surface area (Å²) >= 11 is 5.54. The van der Waals surface area contributed by atoms with Gasteiger partial charge in [0.2, 0.25) is 0 Å². The van der Waals surface area contributed by atoms with Gasteiger partial charge in [-0.15, -0.1) is 0 Å². The lowest BCUT2D eigenvalue weighted by Crippen LogP contribution is -2.02. The number of hydrogen-bond donors (Lipinski definition) is 0. The maximum atomic E-state index is 11.3. The standard InChI is InChI=1S/C16H15ClO2/c1-11-7-8-14(9-12(11)2)19-10-13-5-3-4-6-15(13)16(17)18/h3-9H,10H2,1-2H3. The minimum atomic E-state index is -0.459. The van der Waals surface area contributed by atoms with Gasteiger partial charge in [0.15, 0.2) is 0 Å². The number of rotatable bonds is 4. The third kappa shape index (κ3) is 3.36. The van der Waals surface area contributed by atoms with Crippen LogP contribution in [0.4, 0.5) is 0 Å². The lowest BCUT2D eigenvalue weighted by atomic mass is 10.1. The molecule has 0 spiro atoms. The summed E-state index contributed by atoms with van der Waals surface area (Å²) < 4.78 is 5.71. The second-order valence-electron chi connectivity index (χ2n) is 4.47. The zero-order valence-corrected chi connectivity index (χ0v) is 11.7. The molecule has 2 aromatic rings. The molecule has 0 unspecified atom stereocenters. The van der Waals surface area contributed by atoms with Crippen LogP contribution in [0.5, 0.6) is 5.75 Å². The summed E-state index contributed by atoms with van der Waals surface area (Å²) in [5.41, 5.74) is 3.69. The fourth-order valence-corrected chi connectivity index (χ4v) is 1.99. The van der Waals surface area contributed by atoms with E-state index < -0.39 is 5.24 Å². The van der Waals surface area contributed by atoms with Crippen molar-refractivity contribution in [3.05, 3.63) is 64.7 Å². The van der Waals surface area contributed by atoms with Crippen molar-refractivity contribution in [1.29, 1.82) is 0 Å². The summed E-state index contributed by atoms with van der Waals surface area (Å²) in [6.45, 7) is 4.43. The van der Waals surface area contributed by atoms with Crippen molar-refractivity contribution < 1.29 is 9.53 Å². The molecule has 3 heteroatoms. The smallest absolute Gasteiger partial charge is 0.252 e. The van der Waals surface area contributed by atoms with E-state index in [2.05, 4.69) is 6.92 Å². The van der Waals surface area contributed by atoms with Gasteiger partial charge in [-0.1, -0.05) is 24.3 Å². The fraction of sp³-hybridized carbons (Fsp3) is 0.188. The summed E-state index contributed by atoms with van der Waals surface area (Å²) in [6, 6.07) is 13.1. The monoisotopic (exact) mass is 274 g/mol. The van der Waals surface area contributed by atoms with Crippen LogP contribution in [0.1, 0.15) is 27.0 Å². The van der Waals surface area contributed by atoms with Crippen molar-refractivity contribution in [3.8, 4) is 5.75 Å². The molecule has 0 N–H and O–H groups in total. The van der Waals surface area contributed by atoms with Crippen LogP contribution in [0.25, 0.3) is 0 Å². The van der Waals surface area contributed by atoms with Gasteiger partial charge in [0.1, 0.15) is 12.4 Å². The van der Waals surface area contributed by atoms with E-state index in [9.17, 15) is 4.79 Å². The van der Waals surface area contributed by atoms with Gasteiger partial charge in [-0.05, 0) is 54.8 Å². The second kappa shape index (κ2) is 5.89. The fourth-order valence-electron chi connectivity index (χ4n) is 1.80. The minimum Gasteiger partial charge on any atom is -0.489 e. The van der Waals surface area contributed by atoms with Gasteiger partial charge in [0, 0.05) is 11.1 Å². The molecule has 0 heterocycles. The van der Waals surface area contributed by atoms with Crippen LogP contribution < -0.4 is 4.74 Å². The van der Waals surface area contributed by atoms with E-state index in [1.54, 1.807) is 12.1 Å². The molecule has 0 amide bonds. The normalized spacial score (nSPS) is 10.3. The Balaban J connectivity index is 2.14. The van der Waals surface area contributed by atoms with Crippen LogP contribution in [0.3, 0.4) is 0 Å². The Morgan fingerprint density at radius 3 is 2.53 bits per heavy atom. The van der Waals surface area contributed by atoms with Gasteiger partial charge in [0.05, 0.1) is 0 Å². The third-order valence-corrected chi connectivity index (χ3v) is 3.31. The molecule has 0 aromatic heterocycles. The Bertz CT molecular complexity index is 605. The predicted molar refractivity (Wildman–Crippen MR) is 76.9 cm³/mol. The Morgan fingerprint density at radius 2 is 1.84 bits per heavy atom. The van der Waals surface area contributed by atoms with Crippen LogP contribution in [0.15, 0.2) is 42.5 Å². The van der Waals surface area contributed by atoms with E-state index in [0.29, 0.717) is 12.2 Å². The predicted octanol–water partition coefficient (Wildman–Crippen LogP) is 4.26. The summed E-state index contributed by atoms with van der Waals surface area (Å²) in [7, 11) is 0. The first-order chi connectivity index (χ1) is 9.08. The number of benzene rings is 2. The van der Waals surface area contributed by atoms with Gasteiger partial charge in [-0.2, -0.15) is 0 Å². The zero-order valence-electron chi connectivity index (χ0n) is 10.9. The molecule has 0 atom stereocenters. The first-order valence-electron chi connectivity index (χ1n) is 6.05. The molecular weight excluding hydrogens is 260 g/mol.